The van der Waals surface area contributed by atoms with Crippen molar-refractivity contribution >= 4 is 44.3 Å². The van der Waals surface area contributed by atoms with E-state index in [4.69, 9.17) is 4.42 Å². The van der Waals surface area contributed by atoms with Gasteiger partial charge >= 0.3 is 0 Å². The summed E-state index contributed by atoms with van der Waals surface area (Å²) in [5.74, 6) is -0.0352. The number of benzene rings is 1. The molecule has 0 unspecified atom stereocenters. The van der Waals surface area contributed by atoms with E-state index in [9.17, 15) is 4.79 Å². The van der Waals surface area contributed by atoms with Crippen LogP contribution in [0.3, 0.4) is 0 Å². The summed E-state index contributed by atoms with van der Waals surface area (Å²) in [6.07, 6.45) is 1.49. The highest BCUT2D eigenvalue weighted by Gasteiger charge is 2.14. The molecule has 0 N–H and O–H groups in total. The first kappa shape index (κ1) is 10.9. The predicted molar refractivity (Wildman–Crippen MR) is 69.0 cm³/mol. The molecule has 0 atom stereocenters. The standard InChI is InChI=1S/C11H6BrIO2/c12-11-9(5-6-15-11)10(14)7-1-3-8(13)4-2-7/h1-6H. The van der Waals surface area contributed by atoms with Crippen molar-refractivity contribution in [2.75, 3.05) is 0 Å². The molecule has 2 rings (SSSR count). The van der Waals surface area contributed by atoms with Crippen LogP contribution in [-0.4, -0.2) is 5.78 Å². The van der Waals surface area contributed by atoms with Crippen molar-refractivity contribution in [2.45, 2.75) is 0 Å². The molecule has 2 aromatic rings. The average Bonchev–Trinajstić information content (AvgIpc) is 2.65. The number of furan rings is 1. The maximum absolute atomic E-state index is 11.9. The minimum Gasteiger partial charge on any atom is -0.457 e. The molecule has 1 aromatic carbocycles. The van der Waals surface area contributed by atoms with Gasteiger partial charge in [0.2, 0.25) is 0 Å². The first-order valence-electron chi connectivity index (χ1n) is 4.22. The highest BCUT2D eigenvalue weighted by atomic mass is 127. The third-order valence-electron chi connectivity index (χ3n) is 1.97. The van der Waals surface area contributed by atoms with Gasteiger partial charge in [0.25, 0.3) is 0 Å². The fourth-order valence-electron chi connectivity index (χ4n) is 1.21. The second-order valence-corrected chi connectivity index (χ2v) is 4.91. The Labute approximate surface area is 109 Å². The molecule has 2 nitrogen and oxygen atoms in total. The normalized spacial score (nSPS) is 10.3. The van der Waals surface area contributed by atoms with Crippen LogP contribution >= 0.6 is 38.5 Å². The zero-order chi connectivity index (χ0) is 10.8. The number of carbonyl (C=O) groups is 1. The summed E-state index contributed by atoms with van der Waals surface area (Å²) in [5, 5.41) is 0. The molecule has 0 fully saturated rings. The number of carbonyl (C=O) groups excluding carboxylic acids is 1. The Morgan fingerprint density at radius 1 is 1.20 bits per heavy atom. The molecule has 1 aromatic heterocycles. The van der Waals surface area contributed by atoms with Crippen molar-refractivity contribution in [2.24, 2.45) is 0 Å². The number of rotatable bonds is 2. The number of hydrogen-bond donors (Lipinski definition) is 0. The van der Waals surface area contributed by atoms with Crippen molar-refractivity contribution in [1.82, 2.24) is 0 Å². The molecule has 15 heavy (non-hydrogen) atoms. The fourth-order valence-corrected chi connectivity index (χ4v) is 1.99. The Kier molecular flexibility index (Phi) is 3.25. The summed E-state index contributed by atoms with van der Waals surface area (Å²) in [5.41, 5.74) is 1.22. The molecule has 1 heterocycles. The molecule has 0 aliphatic rings. The number of hydrogen-bond acceptors (Lipinski definition) is 2. The molecule has 0 aliphatic heterocycles. The predicted octanol–water partition coefficient (Wildman–Crippen LogP) is 3.88. The number of ketones is 1. The van der Waals surface area contributed by atoms with Gasteiger partial charge in [-0.2, -0.15) is 0 Å². The minimum absolute atomic E-state index is 0.0352. The molecule has 0 bridgehead atoms. The van der Waals surface area contributed by atoms with Gasteiger partial charge in [-0.25, -0.2) is 0 Å². The Bertz CT molecular complexity index is 488. The van der Waals surface area contributed by atoms with Crippen LogP contribution in [0.2, 0.25) is 0 Å². The van der Waals surface area contributed by atoms with Gasteiger partial charge in [0.1, 0.15) is 0 Å². The molecule has 0 amide bonds. The second kappa shape index (κ2) is 4.49. The maximum Gasteiger partial charge on any atom is 0.197 e. The van der Waals surface area contributed by atoms with Gasteiger partial charge in [0.05, 0.1) is 11.8 Å². The van der Waals surface area contributed by atoms with Crippen LogP contribution in [0, 0.1) is 3.57 Å². The highest BCUT2D eigenvalue weighted by molar-refractivity contribution is 14.1. The summed E-state index contributed by atoms with van der Waals surface area (Å²) in [7, 11) is 0. The lowest BCUT2D eigenvalue weighted by Gasteiger charge is -1.98. The van der Waals surface area contributed by atoms with Crippen LogP contribution in [0.1, 0.15) is 15.9 Å². The molecular formula is C11H6BrIO2. The first-order chi connectivity index (χ1) is 7.18. The Hall–Kier alpha value is -0.620. The SMILES string of the molecule is O=C(c1ccc(I)cc1)c1ccoc1Br. The maximum atomic E-state index is 11.9. The van der Waals surface area contributed by atoms with E-state index in [2.05, 4.69) is 38.5 Å². The third kappa shape index (κ3) is 2.31. The average molecular weight is 377 g/mol. The first-order valence-corrected chi connectivity index (χ1v) is 6.09. The summed E-state index contributed by atoms with van der Waals surface area (Å²) < 4.78 is 6.61. The molecule has 0 saturated carbocycles. The van der Waals surface area contributed by atoms with Crippen LogP contribution in [0.4, 0.5) is 0 Å². The lowest BCUT2D eigenvalue weighted by atomic mass is 10.1. The molecule has 76 valence electrons. The van der Waals surface area contributed by atoms with Gasteiger partial charge < -0.3 is 4.42 Å². The van der Waals surface area contributed by atoms with Gasteiger partial charge in [-0.15, -0.1) is 0 Å². The molecule has 0 radical (unpaired) electrons. The Morgan fingerprint density at radius 3 is 2.40 bits per heavy atom. The molecule has 4 heteroatoms. The lowest BCUT2D eigenvalue weighted by molar-refractivity contribution is 0.103. The van der Waals surface area contributed by atoms with Gasteiger partial charge in [0.15, 0.2) is 10.5 Å². The van der Waals surface area contributed by atoms with Gasteiger partial charge in [-0.3, -0.25) is 4.79 Å². The Morgan fingerprint density at radius 2 is 1.87 bits per heavy atom. The molecule has 0 saturated heterocycles. The van der Waals surface area contributed by atoms with E-state index in [1.54, 1.807) is 6.07 Å². The summed E-state index contributed by atoms with van der Waals surface area (Å²) in [6, 6.07) is 9.08. The topological polar surface area (TPSA) is 30.2 Å². The van der Waals surface area contributed by atoms with Crippen LogP contribution in [0.5, 0.6) is 0 Å². The van der Waals surface area contributed by atoms with Gasteiger partial charge in [-0.05, 0) is 68.9 Å². The van der Waals surface area contributed by atoms with E-state index in [0.717, 1.165) is 3.57 Å². The zero-order valence-electron chi connectivity index (χ0n) is 7.54. The summed E-state index contributed by atoms with van der Waals surface area (Å²) >= 11 is 5.39. The van der Waals surface area contributed by atoms with E-state index in [1.165, 1.54) is 6.26 Å². The highest BCUT2D eigenvalue weighted by Crippen LogP contribution is 2.21. The number of halogens is 2. The van der Waals surface area contributed by atoms with Crippen LogP contribution in [0.25, 0.3) is 0 Å². The van der Waals surface area contributed by atoms with Crippen molar-refractivity contribution in [3.63, 3.8) is 0 Å². The van der Waals surface area contributed by atoms with E-state index < -0.39 is 0 Å². The smallest absolute Gasteiger partial charge is 0.197 e. The van der Waals surface area contributed by atoms with E-state index >= 15 is 0 Å². The van der Waals surface area contributed by atoms with Crippen LogP contribution in [-0.2, 0) is 0 Å². The summed E-state index contributed by atoms with van der Waals surface area (Å²) in [6.45, 7) is 0. The van der Waals surface area contributed by atoms with Gasteiger partial charge in [-0.1, -0.05) is 0 Å². The van der Waals surface area contributed by atoms with E-state index in [-0.39, 0.29) is 5.78 Å². The largest absolute Gasteiger partial charge is 0.457 e. The van der Waals surface area contributed by atoms with Gasteiger partial charge in [0, 0.05) is 9.13 Å². The second-order valence-electron chi connectivity index (χ2n) is 2.94. The zero-order valence-corrected chi connectivity index (χ0v) is 11.3. The minimum atomic E-state index is -0.0352. The van der Waals surface area contributed by atoms with Crippen LogP contribution < -0.4 is 0 Å². The van der Waals surface area contributed by atoms with Crippen molar-refractivity contribution in [3.8, 4) is 0 Å². The quantitative estimate of drug-likeness (QED) is 0.588. The molecule has 0 aliphatic carbocycles. The lowest BCUT2D eigenvalue weighted by Crippen LogP contribution is -1.99. The van der Waals surface area contributed by atoms with E-state index in [1.807, 2.05) is 24.3 Å². The monoisotopic (exact) mass is 376 g/mol. The van der Waals surface area contributed by atoms with Crippen LogP contribution in [0.15, 0.2) is 45.7 Å². The Balaban J connectivity index is 2.37. The molecule has 0 spiro atoms. The third-order valence-corrected chi connectivity index (χ3v) is 3.30. The fraction of sp³-hybridized carbons (Fsp3) is 0. The van der Waals surface area contributed by atoms with Crippen molar-refractivity contribution in [1.29, 1.82) is 0 Å². The van der Waals surface area contributed by atoms with E-state index in [0.29, 0.717) is 15.8 Å². The molecular weight excluding hydrogens is 371 g/mol. The van der Waals surface area contributed by atoms with Crippen molar-refractivity contribution < 1.29 is 9.21 Å². The van der Waals surface area contributed by atoms with Crippen molar-refractivity contribution in [3.05, 3.63) is 56.0 Å². The summed E-state index contributed by atoms with van der Waals surface area (Å²) in [4.78, 5) is 11.9.